The number of nitrogens with zero attached hydrogens (tertiary/aromatic N) is 3. The molecule has 10 aromatic rings. The average Bonchev–Trinajstić information content (AvgIpc) is 3.60. The number of hydrogen-bond acceptors (Lipinski definition) is 4. The maximum atomic E-state index is 6.68. The molecule has 51 heavy (non-hydrogen) atoms. The van der Waals surface area contributed by atoms with Crippen LogP contribution in [-0.4, -0.2) is 15.0 Å². The van der Waals surface area contributed by atoms with Crippen LogP contribution >= 0.6 is 0 Å². The van der Waals surface area contributed by atoms with Gasteiger partial charge in [0.05, 0.1) is 0 Å². The molecule has 238 valence electrons. The number of furan rings is 1. The highest BCUT2D eigenvalue weighted by Gasteiger charge is 2.19. The number of rotatable bonds is 5. The molecule has 0 aliphatic rings. The molecule has 4 nitrogen and oxygen atoms in total. The van der Waals surface area contributed by atoms with Gasteiger partial charge >= 0.3 is 0 Å². The molecule has 0 spiro atoms. The summed E-state index contributed by atoms with van der Waals surface area (Å²) in [4.78, 5) is 15.2. The fourth-order valence-electron chi connectivity index (χ4n) is 7.24. The van der Waals surface area contributed by atoms with Gasteiger partial charge in [0.25, 0.3) is 0 Å². The summed E-state index contributed by atoms with van der Waals surface area (Å²) in [7, 11) is 0. The number of benzene rings is 8. The largest absolute Gasteiger partial charge is 0.455 e. The molecule has 0 unspecified atom stereocenters. The van der Waals surface area contributed by atoms with Gasteiger partial charge in [-0.2, -0.15) is 0 Å². The van der Waals surface area contributed by atoms with Gasteiger partial charge in [0.1, 0.15) is 11.2 Å². The van der Waals surface area contributed by atoms with E-state index in [2.05, 4.69) is 133 Å². The van der Waals surface area contributed by atoms with Crippen LogP contribution < -0.4 is 0 Å². The van der Waals surface area contributed by atoms with E-state index in [1.807, 2.05) is 42.5 Å². The van der Waals surface area contributed by atoms with Gasteiger partial charge in [-0.3, -0.25) is 0 Å². The Morgan fingerprint density at radius 1 is 0.333 bits per heavy atom. The zero-order valence-corrected chi connectivity index (χ0v) is 27.5. The van der Waals surface area contributed by atoms with E-state index in [0.717, 1.165) is 55.1 Å². The Morgan fingerprint density at radius 3 is 1.75 bits per heavy atom. The molecular weight excluding hydrogens is 623 g/mol. The van der Waals surface area contributed by atoms with Crippen molar-refractivity contribution in [3.63, 3.8) is 0 Å². The van der Waals surface area contributed by atoms with Gasteiger partial charge in [-0.25, -0.2) is 15.0 Å². The van der Waals surface area contributed by atoms with Crippen LogP contribution in [0.2, 0.25) is 0 Å². The van der Waals surface area contributed by atoms with Crippen molar-refractivity contribution in [3.05, 3.63) is 176 Å². The van der Waals surface area contributed by atoms with Crippen molar-refractivity contribution in [2.75, 3.05) is 0 Å². The van der Waals surface area contributed by atoms with Crippen molar-refractivity contribution in [1.29, 1.82) is 0 Å². The van der Waals surface area contributed by atoms with Gasteiger partial charge < -0.3 is 4.42 Å². The Bertz CT molecular complexity index is 2900. The summed E-state index contributed by atoms with van der Waals surface area (Å²) in [5.41, 5.74) is 8.93. The molecule has 2 heterocycles. The standard InChI is InChI=1S/C47H29N3O/c1-2-13-34(14-3-1)45-48-46(36-28-23-30-11-4-5-15-35(30)29-36)50-47(49-45)41-21-10-22-42-43(41)40-20-9-19-39(44(40)51-42)33-26-24-32(25-27-33)38-18-8-16-31-12-6-7-17-37(31)38/h1-29H. The Hall–Kier alpha value is -6.91. The molecule has 2 aromatic heterocycles. The van der Waals surface area contributed by atoms with Gasteiger partial charge in [0, 0.05) is 33.0 Å². The molecule has 0 aliphatic heterocycles. The zero-order valence-electron chi connectivity index (χ0n) is 27.5. The smallest absolute Gasteiger partial charge is 0.164 e. The lowest BCUT2D eigenvalue weighted by Crippen LogP contribution is -2.00. The number of para-hydroxylation sites is 1. The summed E-state index contributed by atoms with van der Waals surface area (Å²) in [6, 6.07) is 61.1. The first kappa shape index (κ1) is 29.0. The molecular formula is C47H29N3O. The van der Waals surface area contributed by atoms with Crippen molar-refractivity contribution >= 4 is 43.5 Å². The normalized spacial score (nSPS) is 11.5. The lowest BCUT2D eigenvalue weighted by molar-refractivity contribution is 0.670. The maximum absolute atomic E-state index is 6.68. The fourth-order valence-corrected chi connectivity index (χ4v) is 7.24. The predicted molar refractivity (Wildman–Crippen MR) is 209 cm³/mol. The molecule has 10 rings (SSSR count). The fraction of sp³-hybridized carbons (Fsp3) is 0. The highest BCUT2D eigenvalue weighted by atomic mass is 16.3. The summed E-state index contributed by atoms with van der Waals surface area (Å²) in [5.74, 6) is 1.85. The molecule has 0 fully saturated rings. The van der Waals surface area contributed by atoms with Crippen LogP contribution in [0.4, 0.5) is 0 Å². The molecule has 0 N–H and O–H groups in total. The third-order valence-electron chi connectivity index (χ3n) is 9.74. The Labute approximate surface area is 294 Å². The summed E-state index contributed by atoms with van der Waals surface area (Å²) >= 11 is 0. The van der Waals surface area contributed by atoms with Gasteiger partial charge in [0.15, 0.2) is 17.5 Å². The summed E-state index contributed by atoms with van der Waals surface area (Å²) in [6.45, 7) is 0. The first-order chi connectivity index (χ1) is 25.3. The van der Waals surface area contributed by atoms with Gasteiger partial charge in [-0.15, -0.1) is 0 Å². The van der Waals surface area contributed by atoms with Gasteiger partial charge in [-0.1, -0.05) is 164 Å². The van der Waals surface area contributed by atoms with Crippen LogP contribution in [0.5, 0.6) is 0 Å². The number of hydrogen-bond donors (Lipinski definition) is 0. The van der Waals surface area contributed by atoms with E-state index in [1.54, 1.807) is 0 Å². The van der Waals surface area contributed by atoms with Crippen LogP contribution in [0.15, 0.2) is 180 Å². The predicted octanol–water partition coefficient (Wildman–Crippen LogP) is 12.4. The van der Waals surface area contributed by atoms with Crippen molar-refractivity contribution in [2.45, 2.75) is 0 Å². The van der Waals surface area contributed by atoms with Crippen molar-refractivity contribution in [2.24, 2.45) is 0 Å². The van der Waals surface area contributed by atoms with Gasteiger partial charge in [0.2, 0.25) is 0 Å². The van der Waals surface area contributed by atoms with Crippen LogP contribution in [-0.2, 0) is 0 Å². The Balaban J connectivity index is 1.12. The molecule has 0 bridgehead atoms. The highest BCUT2D eigenvalue weighted by Crippen LogP contribution is 2.41. The van der Waals surface area contributed by atoms with Crippen molar-refractivity contribution in [3.8, 4) is 56.4 Å². The third kappa shape index (κ3) is 5.04. The van der Waals surface area contributed by atoms with E-state index in [-0.39, 0.29) is 0 Å². The summed E-state index contributed by atoms with van der Waals surface area (Å²) in [5, 5.41) is 6.80. The van der Waals surface area contributed by atoms with E-state index >= 15 is 0 Å². The number of aromatic nitrogens is 3. The minimum Gasteiger partial charge on any atom is -0.455 e. The summed E-state index contributed by atoms with van der Waals surface area (Å²) in [6.07, 6.45) is 0. The van der Waals surface area contributed by atoms with E-state index in [9.17, 15) is 0 Å². The van der Waals surface area contributed by atoms with E-state index in [1.165, 1.54) is 27.3 Å². The molecule has 0 saturated carbocycles. The first-order valence-electron chi connectivity index (χ1n) is 17.1. The molecule has 0 atom stereocenters. The summed E-state index contributed by atoms with van der Waals surface area (Å²) < 4.78 is 6.68. The van der Waals surface area contributed by atoms with Crippen LogP contribution in [0.1, 0.15) is 0 Å². The molecule has 0 amide bonds. The third-order valence-corrected chi connectivity index (χ3v) is 9.74. The zero-order chi connectivity index (χ0) is 33.7. The van der Waals surface area contributed by atoms with Crippen molar-refractivity contribution < 1.29 is 4.42 Å². The monoisotopic (exact) mass is 651 g/mol. The number of fused-ring (bicyclic) bond motifs is 5. The first-order valence-corrected chi connectivity index (χ1v) is 17.1. The van der Waals surface area contributed by atoms with E-state index in [4.69, 9.17) is 19.4 Å². The topological polar surface area (TPSA) is 51.8 Å². The molecule has 4 heteroatoms. The SMILES string of the molecule is c1ccc(-c2nc(-c3ccc4ccccc4c3)nc(-c3cccc4oc5c(-c6ccc(-c7cccc8ccccc78)cc6)cccc5c34)n2)cc1. The highest BCUT2D eigenvalue weighted by molar-refractivity contribution is 6.15. The molecule has 0 aliphatic carbocycles. The quantitative estimate of drug-likeness (QED) is 0.186. The lowest BCUT2D eigenvalue weighted by atomic mass is 9.95. The van der Waals surface area contributed by atoms with Crippen LogP contribution in [0.3, 0.4) is 0 Å². The van der Waals surface area contributed by atoms with E-state index in [0.29, 0.717) is 17.5 Å². The van der Waals surface area contributed by atoms with Crippen LogP contribution in [0.25, 0.3) is 99.9 Å². The van der Waals surface area contributed by atoms with Crippen LogP contribution in [0, 0.1) is 0 Å². The second-order valence-corrected chi connectivity index (χ2v) is 12.8. The molecule has 8 aromatic carbocycles. The second kappa shape index (κ2) is 11.9. The minimum absolute atomic E-state index is 0.602. The molecule has 0 radical (unpaired) electrons. The average molecular weight is 652 g/mol. The van der Waals surface area contributed by atoms with E-state index < -0.39 is 0 Å². The minimum atomic E-state index is 0.602. The van der Waals surface area contributed by atoms with Crippen molar-refractivity contribution in [1.82, 2.24) is 15.0 Å². The maximum Gasteiger partial charge on any atom is 0.164 e. The second-order valence-electron chi connectivity index (χ2n) is 12.8. The lowest BCUT2D eigenvalue weighted by Gasteiger charge is -2.10. The Kier molecular flexibility index (Phi) is 6.78. The molecule has 0 saturated heterocycles. The Morgan fingerprint density at radius 2 is 0.902 bits per heavy atom. The van der Waals surface area contributed by atoms with Gasteiger partial charge in [-0.05, 0) is 50.4 Å².